The Hall–Kier alpha value is -1.40. The molecule has 0 aliphatic rings. The van der Waals surface area contributed by atoms with Gasteiger partial charge in [0.25, 0.3) is 0 Å². The lowest BCUT2D eigenvalue weighted by atomic mass is 9.94. The second-order valence-electron chi connectivity index (χ2n) is 3.87. The average Bonchev–Trinajstić information content (AvgIpc) is 2.38. The smallest absolute Gasteiger partial charge is 0.333 e. The number of rotatable bonds is 7. The fraction of sp³-hybridized carbons (Fsp3) is 0.417. The molecule has 1 aromatic carbocycles. The molecule has 1 atom stereocenters. The fourth-order valence-corrected chi connectivity index (χ4v) is 1.83. The predicted octanol–water partition coefficient (Wildman–Crippen LogP) is 1.53. The topological polar surface area (TPSA) is 72.5 Å². The predicted molar refractivity (Wildman–Crippen MR) is 68.3 cm³/mol. The zero-order valence-electron chi connectivity index (χ0n) is 10.2. The van der Waals surface area contributed by atoms with Crippen LogP contribution in [0.25, 0.3) is 0 Å². The Morgan fingerprint density at radius 2 is 2.00 bits per heavy atom. The summed E-state index contributed by atoms with van der Waals surface area (Å²) in [5.41, 5.74) is 0.832. The molecule has 1 N–H and O–H groups in total. The maximum absolute atomic E-state index is 11.8. The Kier molecular flexibility index (Phi) is 6.38. The standard InChI is InChI=1S/C12H17NO4S/c1-2-3-9-11(10-7-5-4-6-8-10)12(14)17-13-18(15)16/h4-8,11,18H,2-3,9H2,1H3,(H,13,15,16). The molecule has 1 rings (SSSR count). The number of benzene rings is 1. The molecule has 0 fully saturated rings. The molecule has 0 amide bonds. The van der Waals surface area contributed by atoms with Crippen molar-refractivity contribution in [3.8, 4) is 0 Å². The van der Waals surface area contributed by atoms with Crippen LogP contribution in [0.1, 0.15) is 37.7 Å². The van der Waals surface area contributed by atoms with E-state index in [-0.39, 0.29) is 0 Å². The van der Waals surface area contributed by atoms with Crippen LogP contribution >= 0.6 is 0 Å². The second kappa shape index (κ2) is 7.84. The van der Waals surface area contributed by atoms with Crippen molar-refractivity contribution in [2.75, 3.05) is 0 Å². The highest BCUT2D eigenvalue weighted by atomic mass is 32.2. The van der Waals surface area contributed by atoms with E-state index in [1.54, 1.807) is 4.89 Å². The summed E-state index contributed by atoms with van der Waals surface area (Å²) in [6.07, 6.45) is 2.47. The Labute approximate surface area is 108 Å². The molecule has 0 heterocycles. The van der Waals surface area contributed by atoms with E-state index in [0.29, 0.717) is 6.42 Å². The van der Waals surface area contributed by atoms with Gasteiger partial charge in [0.05, 0.1) is 5.92 Å². The van der Waals surface area contributed by atoms with Gasteiger partial charge in [-0.1, -0.05) is 50.1 Å². The summed E-state index contributed by atoms with van der Waals surface area (Å²) >= 11 is 0. The van der Waals surface area contributed by atoms with E-state index in [4.69, 9.17) is 0 Å². The van der Waals surface area contributed by atoms with Crippen LogP contribution < -0.4 is 4.89 Å². The maximum Gasteiger partial charge on any atom is 0.333 e. The Morgan fingerprint density at radius 1 is 1.33 bits per heavy atom. The molecule has 6 heteroatoms. The van der Waals surface area contributed by atoms with Gasteiger partial charge >= 0.3 is 5.97 Å². The third-order valence-corrected chi connectivity index (χ3v) is 2.79. The number of carbonyl (C=O) groups is 1. The zero-order valence-corrected chi connectivity index (χ0v) is 11.1. The monoisotopic (exact) mass is 271 g/mol. The first-order chi connectivity index (χ1) is 8.65. The van der Waals surface area contributed by atoms with Crippen molar-refractivity contribution in [3.05, 3.63) is 35.9 Å². The van der Waals surface area contributed by atoms with Crippen molar-refractivity contribution in [1.29, 1.82) is 0 Å². The van der Waals surface area contributed by atoms with Gasteiger partial charge in [-0.2, -0.15) is 0 Å². The van der Waals surface area contributed by atoms with Crippen molar-refractivity contribution in [2.24, 2.45) is 0 Å². The second-order valence-corrected chi connectivity index (χ2v) is 4.57. The number of unbranched alkanes of at least 4 members (excludes halogenated alkanes) is 1. The molecule has 0 aliphatic heterocycles. The summed E-state index contributed by atoms with van der Waals surface area (Å²) in [6.45, 7) is 2.03. The van der Waals surface area contributed by atoms with Crippen molar-refractivity contribution >= 4 is 16.9 Å². The van der Waals surface area contributed by atoms with Crippen molar-refractivity contribution in [1.82, 2.24) is 4.89 Å². The molecular formula is C12H17NO4S. The molecule has 0 aliphatic carbocycles. The minimum absolute atomic E-state index is 0.436. The summed E-state index contributed by atoms with van der Waals surface area (Å²) in [5.74, 6) is -1.01. The minimum atomic E-state index is -2.93. The van der Waals surface area contributed by atoms with Crippen LogP contribution in [0.3, 0.4) is 0 Å². The Morgan fingerprint density at radius 3 is 2.56 bits per heavy atom. The first-order valence-electron chi connectivity index (χ1n) is 5.80. The first kappa shape index (κ1) is 14.7. The molecule has 0 radical (unpaired) electrons. The van der Waals surface area contributed by atoms with Gasteiger partial charge < -0.3 is 4.84 Å². The lowest BCUT2D eigenvalue weighted by molar-refractivity contribution is -0.149. The minimum Gasteiger partial charge on any atom is -0.355 e. The molecule has 0 saturated carbocycles. The van der Waals surface area contributed by atoms with Crippen LogP contribution in [0.2, 0.25) is 0 Å². The number of hydrogen-bond donors (Lipinski definition) is 2. The first-order valence-corrected chi connectivity index (χ1v) is 6.98. The van der Waals surface area contributed by atoms with Crippen LogP contribution in [0.15, 0.2) is 30.3 Å². The normalized spacial score (nSPS) is 12.3. The molecular weight excluding hydrogens is 254 g/mol. The van der Waals surface area contributed by atoms with E-state index in [9.17, 15) is 13.2 Å². The number of thiol groups is 1. The zero-order chi connectivity index (χ0) is 13.4. The van der Waals surface area contributed by atoms with Crippen molar-refractivity contribution in [2.45, 2.75) is 32.1 Å². The van der Waals surface area contributed by atoms with Crippen LogP contribution in [-0.2, 0) is 20.5 Å². The molecule has 100 valence electrons. The quantitative estimate of drug-likeness (QED) is 0.583. The molecule has 0 saturated heterocycles. The third kappa shape index (κ3) is 4.85. The van der Waals surface area contributed by atoms with Gasteiger partial charge in [0.1, 0.15) is 0 Å². The highest BCUT2D eigenvalue weighted by Crippen LogP contribution is 2.23. The summed E-state index contributed by atoms with van der Waals surface area (Å²) in [6, 6.07) is 9.20. The van der Waals surface area contributed by atoms with Gasteiger partial charge in [0.2, 0.25) is 10.9 Å². The van der Waals surface area contributed by atoms with Gasteiger partial charge in [-0.15, -0.1) is 0 Å². The number of carbonyl (C=O) groups excluding carboxylic acids is 1. The Balaban J connectivity index is 2.74. The summed E-state index contributed by atoms with van der Waals surface area (Å²) in [4.78, 5) is 18.0. The van der Waals surface area contributed by atoms with Crippen LogP contribution in [-0.4, -0.2) is 14.4 Å². The summed E-state index contributed by atoms with van der Waals surface area (Å²) in [7, 11) is -2.93. The summed E-state index contributed by atoms with van der Waals surface area (Å²) in [5, 5.41) is 0. The van der Waals surface area contributed by atoms with Gasteiger partial charge in [-0.05, 0) is 16.9 Å². The van der Waals surface area contributed by atoms with Gasteiger partial charge in [0.15, 0.2) is 0 Å². The van der Waals surface area contributed by atoms with Gasteiger partial charge in [0, 0.05) is 0 Å². The van der Waals surface area contributed by atoms with E-state index in [1.807, 2.05) is 37.3 Å². The highest BCUT2D eigenvalue weighted by molar-refractivity contribution is 7.70. The van der Waals surface area contributed by atoms with Gasteiger partial charge in [-0.3, -0.25) is 0 Å². The van der Waals surface area contributed by atoms with Crippen molar-refractivity contribution in [3.63, 3.8) is 0 Å². The molecule has 1 unspecified atom stereocenters. The van der Waals surface area contributed by atoms with E-state index in [1.165, 1.54) is 0 Å². The van der Waals surface area contributed by atoms with E-state index in [0.717, 1.165) is 18.4 Å². The number of hydrogen-bond acceptors (Lipinski definition) is 4. The van der Waals surface area contributed by atoms with Crippen LogP contribution in [0, 0.1) is 0 Å². The van der Waals surface area contributed by atoms with E-state index in [2.05, 4.69) is 4.84 Å². The molecule has 18 heavy (non-hydrogen) atoms. The lowest BCUT2D eigenvalue weighted by Crippen LogP contribution is -2.23. The van der Waals surface area contributed by atoms with E-state index < -0.39 is 22.8 Å². The Bertz CT molecular complexity index is 437. The number of nitrogens with one attached hydrogen (secondary N) is 1. The molecule has 1 aromatic rings. The lowest BCUT2D eigenvalue weighted by Gasteiger charge is -2.14. The SMILES string of the molecule is CCCCC(C(=O)ON[SH](=O)=O)c1ccccc1. The summed E-state index contributed by atoms with van der Waals surface area (Å²) < 4.78 is 20.7. The highest BCUT2D eigenvalue weighted by Gasteiger charge is 2.21. The molecule has 0 bridgehead atoms. The molecule has 0 aromatic heterocycles. The maximum atomic E-state index is 11.8. The van der Waals surface area contributed by atoms with Crippen LogP contribution in [0.5, 0.6) is 0 Å². The third-order valence-electron chi connectivity index (χ3n) is 2.55. The fourth-order valence-electron chi connectivity index (χ4n) is 1.67. The van der Waals surface area contributed by atoms with Gasteiger partial charge in [-0.25, -0.2) is 13.2 Å². The molecule has 0 spiro atoms. The average molecular weight is 271 g/mol. The molecule has 5 nitrogen and oxygen atoms in total. The van der Waals surface area contributed by atoms with Crippen molar-refractivity contribution < 1.29 is 18.0 Å². The largest absolute Gasteiger partial charge is 0.355 e. The van der Waals surface area contributed by atoms with E-state index >= 15 is 0 Å². The van der Waals surface area contributed by atoms with Crippen LogP contribution in [0.4, 0.5) is 0 Å².